The molecule has 0 atom stereocenters. The first-order valence-electron chi connectivity index (χ1n) is 16.8. The highest BCUT2D eigenvalue weighted by atomic mass is 35.5. The second-order valence-corrected chi connectivity index (χ2v) is 14.5. The standard InChI is InChI=1S/C39H40Cl2N6O5/c1-39(2,51)22-42-16-24-14-30(37(49)46(3)18-24)36(48)45-31-10-6-9-29(34(31)41)28-8-5-7-25(33(28)40)15-32-35-26(11-12-43-32)13-23(17-44-35)19-47-20-27(21-47)38(50)52-4/h5-14,17-18,27,42,51H,15-16,19-22H2,1-4H3,(H,45,48). The Morgan fingerprint density at radius 1 is 1.02 bits per heavy atom. The van der Waals surface area contributed by atoms with Gasteiger partial charge in [-0.3, -0.25) is 29.3 Å². The Balaban J connectivity index is 1.20. The van der Waals surface area contributed by atoms with Gasteiger partial charge in [-0.05, 0) is 54.8 Å². The second kappa shape index (κ2) is 15.5. The van der Waals surface area contributed by atoms with E-state index >= 15 is 0 Å². The molecular formula is C39H40Cl2N6O5. The van der Waals surface area contributed by atoms with E-state index in [0.29, 0.717) is 66.5 Å². The summed E-state index contributed by atoms with van der Waals surface area (Å²) < 4.78 is 6.20. The maximum Gasteiger partial charge on any atom is 0.311 e. The average Bonchev–Trinajstić information content (AvgIpc) is 3.08. The van der Waals surface area contributed by atoms with Crippen molar-refractivity contribution in [3.63, 3.8) is 0 Å². The lowest BCUT2D eigenvalue weighted by atomic mass is 9.98. The lowest BCUT2D eigenvalue weighted by Crippen LogP contribution is -2.49. The minimum Gasteiger partial charge on any atom is -0.469 e. The molecule has 0 aliphatic carbocycles. The number of ether oxygens (including phenoxy) is 1. The van der Waals surface area contributed by atoms with Crippen LogP contribution in [0, 0.1) is 5.92 Å². The van der Waals surface area contributed by atoms with Crippen molar-refractivity contribution in [2.75, 3.05) is 32.1 Å². The molecule has 4 heterocycles. The number of esters is 1. The predicted molar refractivity (Wildman–Crippen MR) is 203 cm³/mol. The number of halogens is 2. The van der Waals surface area contributed by atoms with E-state index in [0.717, 1.165) is 27.7 Å². The van der Waals surface area contributed by atoms with Crippen LogP contribution in [0.1, 0.15) is 46.6 Å². The fourth-order valence-electron chi connectivity index (χ4n) is 6.34. The third kappa shape index (κ3) is 8.35. The van der Waals surface area contributed by atoms with E-state index in [-0.39, 0.29) is 22.5 Å². The molecule has 6 rings (SSSR count). The van der Waals surface area contributed by atoms with Gasteiger partial charge in [0.05, 0.1) is 45.6 Å². The van der Waals surface area contributed by atoms with Crippen LogP contribution in [0.25, 0.3) is 22.0 Å². The fraction of sp³-hybridized carbons (Fsp3) is 0.308. The van der Waals surface area contributed by atoms with Crippen molar-refractivity contribution < 1.29 is 19.4 Å². The van der Waals surface area contributed by atoms with Crippen molar-refractivity contribution >= 4 is 51.7 Å². The molecule has 1 aliphatic rings. The third-order valence-corrected chi connectivity index (χ3v) is 9.83. The quantitative estimate of drug-likeness (QED) is 0.139. The van der Waals surface area contributed by atoms with Crippen molar-refractivity contribution in [1.82, 2.24) is 24.8 Å². The third-order valence-electron chi connectivity index (χ3n) is 8.97. The van der Waals surface area contributed by atoms with E-state index in [4.69, 9.17) is 32.9 Å². The lowest BCUT2D eigenvalue weighted by Gasteiger charge is -2.37. The minimum absolute atomic E-state index is 0.0392. The first kappa shape index (κ1) is 37.1. The van der Waals surface area contributed by atoms with Gasteiger partial charge < -0.3 is 25.0 Å². The molecule has 13 heteroatoms. The predicted octanol–water partition coefficient (Wildman–Crippen LogP) is 5.61. The van der Waals surface area contributed by atoms with Gasteiger partial charge in [0.25, 0.3) is 11.5 Å². The normalized spacial score (nSPS) is 13.6. The van der Waals surface area contributed by atoms with Crippen molar-refractivity contribution in [3.8, 4) is 11.1 Å². The van der Waals surface area contributed by atoms with Gasteiger partial charge in [0, 0.05) is 81.3 Å². The summed E-state index contributed by atoms with van der Waals surface area (Å²) in [7, 11) is 3.00. The number of nitrogens with one attached hydrogen (secondary N) is 2. The maximum atomic E-state index is 13.4. The van der Waals surface area contributed by atoms with Crippen molar-refractivity contribution in [2.45, 2.75) is 39.0 Å². The molecule has 2 aromatic carbocycles. The Labute approximate surface area is 311 Å². The van der Waals surface area contributed by atoms with Crippen LogP contribution in [0.5, 0.6) is 0 Å². The number of hydrogen-bond acceptors (Lipinski definition) is 9. The van der Waals surface area contributed by atoms with Gasteiger partial charge in [-0.15, -0.1) is 0 Å². The highest BCUT2D eigenvalue weighted by molar-refractivity contribution is 6.39. The molecule has 5 aromatic rings. The molecule has 1 fully saturated rings. The summed E-state index contributed by atoms with van der Waals surface area (Å²) in [4.78, 5) is 49.7. The zero-order valence-electron chi connectivity index (χ0n) is 29.4. The fourth-order valence-corrected chi connectivity index (χ4v) is 6.91. The van der Waals surface area contributed by atoms with E-state index in [2.05, 4.69) is 26.6 Å². The van der Waals surface area contributed by atoms with Gasteiger partial charge in [-0.1, -0.05) is 53.5 Å². The molecule has 270 valence electrons. The molecule has 0 saturated carbocycles. The van der Waals surface area contributed by atoms with Crippen LogP contribution in [0.15, 0.2) is 78.0 Å². The van der Waals surface area contributed by atoms with Crippen molar-refractivity contribution in [3.05, 3.63) is 122 Å². The van der Waals surface area contributed by atoms with Gasteiger partial charge in [-0.25, -0.2) is 0 Å². The van der Waals surface area contributed by atoms with Crippen LogP contribution in [-0.2, 0) is 36.1 Å². The minimum atomic E-state index is -0.909. The Kier molecular flexibility index (Phi) is 11.1. The number of anilines is 1. The molecule has 1 aliphatic heterocycles. The first-order chi connectivity index (χ1) is 24.8. The van der Waals surface area contributed by atoms with Crippen LogP contribution < -0.4 is 16.2 Å². The van der Waals surface area contributed by atoms with Crippen LogP contribution in [-0.4, -0.2) is 68.8 Å². The Hall–Kier alpha value is -4.65. The Morgan fingerprint density at radius 2 is 1.75 bits per heavy atom. The number of aliphatic hydroxyl groups is 1. The molecule has 52 heavy (non-hydrogen) atoms. The number of nitrogens with zero attached hydrogens (tertiary/aromatic N) is 4. The molecule has 1 amide bonds. The number of carbonyl (C=O) groups excluding carboxylic acids is 2. The zero-order valence-corrected chi connectivity index (χ0v) is 30.9. The molecular weight excluding hydrogens is 703 g/mol. The smallest absolute Gasteiger partial charge is 0.311 e. The Bertz CT molecular complexity index is 2210. The number of amides is 1. The number of rotatable bonds is 12. The lowest BCUT2D eigenvalue weighted by molar-refractivity contribution is -0.151. The molecule has 0 radical (unpaired) electrons. The number of likely N-dealkylation sites (tertiary alicyclic amines) is 1. The molecule has 3 aromatic heterocycles. The van der Waals surface area contributed by atoms with E-state index in [1.165, 1.54) is 17.7 Å². The topological polar surface area (TPSA) is 139 Å². The highest BCUT2D eigenvalue weighted by Gasteiger charge is 2.33. The largest absolute Gasteiger partial charge is 0.469 e. The molecule has 3 N–H and O–H groups in total. The molecule has 0 unspecified atom stereocenters. The molecule has 1 saturated heterocycles. The average molecular weight is 744 g/mol. The van der Waals surface area contributed by atoms with Crippen LogP contribution in [0.3, 0.4) is 0 Å². The number of carbonyl (C=O) groups is 2. The number of aromatic nitrogens is 3. The van der Waals surface area contributed by atoms with Gasteiger partial charge in [0.2, 0.25) is 0 Å². The summed E-state index contributed by atoms with van der Waals surface area (Å²) in [6.45, 7) is 6.09. The van der Waals surface area contributed by atoms with Gasteiger partial charge in [0.1, 0.15) is 5.56 Å². The van der Waals surface area contributed by atoms with E-state index < -0.39 is 17.1 Å². The van der Waals surface area contributed by atoms with Crippen LogP contribution >= 0.6 is 23.2 Å². The summed E-state index contributed by atoms with van der Waals surface area (Å²) in [5.41, 5.74) is 4.32. The summed E-state index contributed by atoms with van der Waals surface area (Å²) in [6, 6.07) is 16.5. The molecule has 0 bridgehead atoms. The summed E-state index contributed by atoms with van der Waals surface area (Å²) in [5.74, 6) is -0.854. The van der Waals surface area contributed by atoms with Crippen molar-refractivity contribution in [2.24, 2.45) is 13.0 Å². The number of fused-ring (bicyclic) bond motifs is 1. The summed E-state index contributed by atoms with van der Waals surface area (Å²) in [6.07, 6.45) is 5.67. The van der Waals surface area contributed by atoms with Gasteiger partial charge >= 0.3 is 5.97 Å². The van der Waals surface area contributed by atoms with Crippen molar-refractivity contribution in [1.29, 1.82) is 0 Å². The van der Waals surface area contributed by atoms with Gasteiger partial charge in [-0.2, -0.15) is 0 Å². The Morgan fingerprint density at radius 3 is 2.48 bits per heavy atom. The van der Waals surface area contributed by atoms with E-state index in [9.17, 15) is 19.5 Å². The second-order valence-electron chi connectivity index (χ2n) is 13.8. The summed E-state index contributed by atoms with van der Waals surface area (Å²) >= 11 is 14.0. The summed E-state index contributed by atoms with van der Waals surface area (Å²) in [5, 5.41) is 17.7. The van der Waals surface area contributed by atoms with Crippen LogP contribution in [0.4, 0.5) is 5.69 Å². The number of aryl methyl sites for hydroxylation is 1. The molecule has 11 nitrogen and oxygen atoms in total. The zero-order chi connectivity index (χ0) is 37.2. The van der Waals surface area contributed by atoms with E-state index in [1.54, 1.807) is 45.4 Å². The molecule has 0 spiro atoms. The number of hydrogen-bond donors (Lipinski definition) is 3. The first-order valence-corrected chi connectivity index (χ1v) is 17.6. The number of pyridine rings is 3. The SMILES string of the molecule is COC(=O)C1CN(Cc2cnc3c(Cc4cccc(-c5cccc(NC(=O)c6cc(CNCC(C)(C)O)cn(C)c6=O)c5Cl)c4Cl)nccc3c2)C1. The number of benzene rings is 2. The van der Waals surface area contributed by atoms with Crippen LogP contribution in [0.2, 0.25) is 10.0 Å². The number of methoxy groups -OCH3 is 1. The monoisotopic (exact) mass is 742 g/mol. The van der Waals surface area contributed by atoms with Gasteiger partial charge in [0.15, 0.2) is 0 Å². The van der Waals surface area contributed by atoms with E-state index in [1.807, 2.05) is 36.5 Å². The maximum absolute atomic E-state index is 13.4. The highest BCUT2D eigenvalue weighted by Crippen LogP contribution is 2.39.